The number of furan rings is 1. The second kappa shape index (κ2) is 10.9. The Balaban J connectivity index is 1.24. The number of aliphatic carboxylic acids is 1. The third kappa shape index (κ3) is 5.74. The van der Waals surface area contributed by atoms with Crippen LogP contribution in [0.1, 0.15) is 12.0 Å². The minimum atomic E-state index is -0.984. The number of carboxylic acids is 1. The molecule has 0 aliphatic rings. The molecule has 6 nitrogen and oxygen atoms in total. The van der Waals surface area contributed by atoms with E-state index < -0.39 is 12.1 Å². The van der Waals surface area contributed by atoms with Gasteiger partial charge in [-0.15, -0.1) is 0 Å². The number of hydrogen-bond acceptors (Lipinski definition) is 5. The normalized spacial score (nSPS) is 11.9. The van der Waals surface area contributed by atoms with Crippen molar-refractivity contribution in [3.05, 3.63) is 84.4 Å². The summed E-state index contributed by atoms with van der Waals surface area (Å²) in [5.41, 5.74) is 3.36. The minimum Gasteiger partial charge on any atom is -0.493 e. The summed E-state index contributed by atoms with van der Waals surface area (Å²) < 4.78 is 35.4. The average Bonchev–Trinajstić information content (AvgIpc) is 3.27. The number of fused-ring (bicyclic) bond motifs is 1. The lowest BCUT2D eigenvalue weighted by Gasteiger charge is -2.11. The minimum absolute atomic E-state index is 0.274. The van der Waals surface area contributed by atoms with Gasteiger partial charge in [-0.05, 0) is 47.5 Å². The van der Waals surface area contributed by atoms with E-state index in [0.717, 1.165) is 22.1 Å². The van der Waals surface area contributed by atoms with Gasteiger partial charge in [-0.3, -0.25) is 0 Å². The molecule has 4 aromatic rings. The number of hydrogen-bond donors (Lipinski definition) is 1. The van der Waals surface area contributed by atoms with Gasteiger partial charge in [0.2, 0.25) is 0 Å². The molecular weight excluding hydrogens is 439 g/mol. The number of carbonyl (C=O) groups is 1. The number of carboxylic acid groups (broad SMARTS) is 1. The molecule has 0 fully saturated rings. The molecule has 4 rings (SSSR count). The summed E-state index contributed by atoms with van der Waals surface area (Å²) in [5, 5.41) is 10.0. The zero-order valence-electron chi connectivity index (χ0n) is 18.7. The molecule has 0 radical (unpaired) electrons. The van der Waals surface area contributed by atoms with Crippen LogP contribution in [-0.2, 0) is 16.0 Å². The van der Waals surface area contributed by atoms with Gasteiger partial charge in [0.25, 0.3) is 0 Å². The zero-order chi connectivity index (χ0) is 23.9. The summed E-state index contributed by atoms with van der Waals surface area (Å²) in [5.74, 6) is 0.146. The van der Waals surface area contributed by atoms with Crippen LogP contribution in [0.5, 0.6) is 11.5 Å². The van der Waals surface area contributed by atoms with Crippen LogP contribution >= 0.6 is 0 Å². The lowest BCUT2D eigenvalue weighted by molar-refractivity contribution is -0.148. The molecule has 1 aromatic heterocycles. The van der Waals surface area contributed by atoms with Crippen molar-refractivity contribution < 1.29 is 32.9 Å². The first kappa shape index (κ1) is 23.3. The zero-order valence-corrected chi connectivity index (χ0v) is 18.7. The van der Waals surface area contributed by atoms with Gasteiger partial charge in [-0.25, -0.2) is 9.18 Å². The monoisotopic (exact) mass is 464 g/mol. The van der Waals surface area contributed by atoms with Crippen LogP contribution in [0.2, 0.25) is 0 Å². The maximum absolute atomic E-state index is 13.2. The first-order valence-corrected chi connectivity index (χ1v) is 10.9. The standard InChI is InChI=1S/C27H25FO6/c1-31-26(27(29)30)15-18-3-9-21(10-4-18)32-13-2-14-33-22-11-12-23-24(17-34-25(23)16-22)19-5-7-20(28)8-6-19/h3-12,16-17,26H,2,13-15H2,1H3,(H,29,30)/t26-/m0/s1. The van der Waals surface area contributed by atoms with Gasteiger partial charge in [-0.2, -0.15) is 0 Å². The van der Waals surface area contributed by atoms with Gasteiger partial charge in [0, 0.05) is 37.0 Å². The molecule has 0 saturated carbocycles. The van der Waals surface area contributed by atoms with Crippen molar-refractivity contribution >= 4 is 16.9 Å². The molecule has 34 heavy (non-hydrogen) atoms. The lowest BCUT2D eigenvalue weighted by Crippen LogP contribution is -2.24. The highest BCUT2D eigenvalue weighted by atomic mass is 19.1. The molecule has 0 saturated heterocycles. The van der Waals surface area contributed by atoms with Crippen LogP contribution in [0.3, 0.4) is 0 Å². The molecule has 0 aliphatic heterocycles. The van der Waals surface area contributed by atoms with E-state index in [4.69, 9.17) is 23.7 Å². The molecule has 1 heterocycles. The van der Waals surface area contributed by atoms with Crippen LogP contribution in [-0.4, -0.2) is 37.5 Å². The number of benzene rings is 3. The molecule has 1 atom stereocenters. The first-order valence-electron chi connectivity index (χ1n) is 10.9. The van der Waals surface area contributed by atoms with E-state index >= 15 is 0 Å². The Morgan fingerprint density at radius 3 is 2.32 bits per heavy atom. The highest BCUT2D eigenvalue weighted by molar-refractivity contribution is 5.94. The second-order valence-corrected chi connectivity index (χ2v) is 7.78. The fourth-order valence-corrected chi connectivity index (χ4v) is 3.60. The Morgan fingerprint density at radius 1 is 0.971 bits per heavy atom. The highest BCUT2D eigenvalue weighted by Gasteiger charge is 2.16. The van der Waals surface area contributed by atoms with Crippen molar-refractivity contribution in [1.82, 2.24) is 0 Å². The van der Waals surface area contributed by atoms with Crippen LogP contribution in [0.4, 0.5) is 4.39 Å². The van der Waals surface area contributed by atoms with Crippen molar-refractivity contribution in [3.63, 3.8) is 0 Å². The smallest absolute Gasteiger partial charge is 0.333 e. The van der Waals surface area contributed by atoms with Gasteiger partial charge in [0.05, 0.1) is 19.5 Å². The Labute approximate surface area is 196 Å². The summed E-state index contributed by atoms with van der Waals surface area (Å²) in [7, 11) is 1.39. The Morgan fingerprint density at radius 2 is 1.65 bits per heavy atom. The molecular formula is C27H25FO6. The fraction of sp³-hybridized carbons (Fsp3) is 0.222. The van der Waals surface area contributed by atoms with Crippen LogP contribution in [0.15, 0.2) is 77.4 Å². The van der Waals surface area contributed by atoms with Crippen LogP contribution in [0.25, 0.3) is 22.1 Å². The van der Waals surface area contributed by atoms with Crippen molar-refractivity contribution in [3.8, 4) is 22.6 Å². The second-order valence-electron chi connectivity index (χ2n) is 7.78. The molecule has 0 spiro atoms. The van der Waals surface area contributed by atoms with E-state index in [2.05, 4.69) is 0 Å². The van der Waals surface area contributed by atoms with Crippen molar-refractivity contribution in [2.75, 3.05) is 20.3 Å². The third-order valence-electron chi connectivity index (χ3n) is 5.43. The van der Waals surface area contributed by atoms with Crippen LogP contribution < -0.4 is 9.47 Å². The maximum atomic E-state index is 13.2. The summed E-state index contributed by atoms with van der Waals surface area (Å²) in [4.78, 5) is 11.1. The molecule has 176 valence electrons. The van der Waals surface area contributed by atoms with E-state index in [0.29, 0.717) is 43.1 Å². The quantitative estimate of drug-likeness (QED) is 0.286. The molecule has 0 amide bonds. The predicted octanol–water partition coefficient (Wildman–Crippen LogP) is 5.73. The summed E-state index contributed by atoms with van der Waals surface area (Å²) >= 11 is 0. The Bertz CT molecular complexity index is 1230. The van der Waals surface area contributed by atoms with Gasteiger partial charge >= 0.3 is 5.97 Å². The average molecular weight is 464 g/mol. The van der Waals surface area contributed by atoms with Gasteiger partial charge in [0.15, 0.2) is 6.10 Å². The van der Waals surface area contributed by atoms with Crippen molar-refractivity contribution in [2.45, 2.75) is 18.9 Å². The van der Waals surface area contributed by atoms with E-state index in [9.17, 15) is 9.18 Å². The van der Waals surface area contributed by atoms with Gasteiger partial charge in [0.1, 0.15) is 22.9 Å². The van der Waals surface area contributed by atoms with Gasteiger partial charge < -0.3 is 23.7 Å². The number of halogens is 1. The Kier molecular flexibility index (Phi) is 7.44. The summed E-state index contributed by atoms with van der Waals surface area (Å²) in [6.07, 6.45) is 1.78. The molecule has 3 aromatic carbocycles. The first-order chi connectivity index (χ1) is 16.5. The lowest BCUT2D eigenvalue weighted by atomic mass is 10.0. The molecule has 0 bridgehead atoms. The maximum Gasteiger partial charge on any atom is 0.333 e. The Hall–Kier alpha value is -3.84. The van der Waals surface area contributed by atoms with E-state index in [1.54, 1.807) is 18.4 Å². The van der Waals surface area contributed by atoms with Crippen molar-refractivity contribution in [1.29, 1.82) is 0 Å². The third-order valence-corrected chi connectivity index (χ3v) is 5.43. The summed E-state index contributed by atoms with van der Waals surface area (Å²) in [6.45, 7) is 0.954. The molecule has 7 heteroatoms. The van der Waals surface area contributed by atoms with Crippen molar-refractivity contribution in [2.24, 2.45) is 0 Å². The topological polar surface area (TPSA) is 78.1 Å². The van der Waals surface area contributed by atoms with Gasteiger partial charge in [-0.1, -0.05) is 24.3 Å². The molecule has 0 aliphatic carbocycles. The predicted molar refractivity (Wildman–Crippen MR) is 126 cm³/mol. The molecule has 1 N–H and O–H groups in total. The fourth-order valence-electron chi connectivity index (χ4n) is 3.60. The number of ether oxygens (including phenoxy) is 3. The number of methoxy groups -OCH3 is 1. The number of rotatable bonds is 11. The van der Waals surface area contributed by atoms with E-state index in [-0.39, 0.29) is 5.82 Å². The molecule has 0 unspecified atom stereocenters. The van der Waals surface area contributed by atoms with E-state index in [1.807, 2.05) is 42.5 Å². The summed E-state index contributed by atoms with van der Waals surface area (Å²) in [6, 6.07) is 19.3. The SMILES string of the molecule is CO[C@@H](Cc1ccc(OCCCOc2ccc3c(-c4ccc(F)cc4)coc3c2)cc1)C(=O)O. The largest absolute Gasteiger partial charge is 0.493 e. The van der Waals surface area contributed by atoms with Crippen LogP contribution in [0, 0.1) is 5.82 Å². The highest BCUT2D eigenvalue weighted by Crippen LogP contribution is 2.32. The van der Waals surface area contributed by atoms with E-state index in [1.165, 1.54) is 19.2 Å².